The Morgan fingerprint density at radius 1 is 1.06 bits per heavy atom. The number of carbonyl (C=O) groups excluding carboxylic acids is 4. The fourth-order valence-corrected chi connectivity index (χ4v) is 11.5. The molecular formula is C45H60ClN5O11S2. The minimum atomic E-state index is -3.87. The number of ketones is 1. The van der Waals surface area contributed by atoms with Gasteiger partial charge in [0, 0.05) is 50.4 Å². The summed E-state index contributed by atoms with van der Waals surface area (Å²) in [6, 6.07) is 2.36. The molecule has 2 saturated carbocycles. The summed E-state index contributed by atoms with van der Waals surface area (Å²) in [5.41, 5.74) is -0.395. The molecule has 0 bridgehead atoms. The number of ether oxygens (including phenoxy) is 5. The number of fused-ring (bicyclic) bond motifs is 2. The molecule has 350 valence electrons. The largest absolute Gasteiger partial charge is 0.487 e. The van der Waals surface area contributed by atoms with Gasteiger partial charge in [-0.1, -0.05) is 52.6 Å². The van der Waals surface area contributed by atoms with Gasteiger partial charge >= 0.3 is 6.09 Å². The fraction of sp³-hybridized carbons (Fsp3) is 0.644. The highest BCUT2D eigenvalue weighted by Gasteiger charge is 2.63. The van der Waals surface area contributed by atoms with Gasteiger partial charge in [0.25, 0.3) is 0 Å². The Hall–Kier alpha value is -4.10. The van der Waals surface area contributed by atoms with E-state index < -0.39 is 74.7 Å². The van der Waals surface area contributed by atoms with E-state index in [1.807, 2.05) is 40.0 Å². The molecule has 1 aromatic carbocycles. The molecule has 7 rings (SSSR count). The Labute approximate surface area is 384 Å². The van der Waals surface area contributed by atoms with Gasteiger partial charge in [0.15, 0.2) is 12.1 Å². The number of halogens is 1. The first-order valence-corrected chi connectivity index (χ1v) is 24.8. The van der Waals surface area contributed by atoms with Gasteiger partial charge in [-0.05, 0) is 69.9 Å². The minimum absolute atomic E-state index is 0.0141. The molecule has 2 aliphatic carbocycles. The molecule has 3 aromatic rings. The number of benzene rings is 1. The lowest BCUT2D eigenvalue weighted by Crippen LogP contribution is -2.66. The van der Waals surface area contributed by atoms with Crippen molar-refractivity contribution in [2.24, 2.45) is 17.3 Å². The van der Waals surface area contributed by atoms with Crippen molar-refractivity contribution in [3.8, 4) is 22.2 Å². The predicted octanol–water partition coefficient (Wildman–Crippen LogP) is 7.11. The molecule has 2 aliphatic heterocycles. The van der Waals surface area contributed by atoms with Crippen molar-refractivity contribution in [3.05, 3.63) is 34.3 Å². The van der Waals surface area contributed by atoms with Gasteiger partial charge in [-0.15, -0.1) is 11.3 Å². The first-order chi connectivity index (χ1) is 30.1. The lowest BCUT2D eigenvalue weighted by atomic mass is 9.90. The topological polar surface area (TPSA) is 193 Å². The number of sulfonamides is 1. The monoisotopic (exact) mass is 945 g/mol. The van der Waals surface area contributed by atoms with Crippen molar-refractivity contribution in [3.63, 3.8) is 0 Å². The normalized spacial score (nSPS) is 24.7. The van der Waals surface area contributed by atoms with E-state index in [0.717, 1.165) is 5.69 Å². The van der Waals surface area contributed by atoms with Gasteiger partial charge in [-0.25, -0.2) is 23.2 Å². The van der Waals surface area contributed by atoms with Crippen LogP contribution in [0.3, 0.4) is 0 Å². The van der Waals surface area contributed by atoms with E-state index in [1.165, 1.54) is 35.4 Å². The molecule has 0 spiro atoms. The van der Waals surface area contributed by atoms with Crippen LogP contribution in [0.4, 0.5) is 4.79 Å². The van der Waals surface area contributed by atoms with Crippen LogP contribution in [0.5, 0.6) is 11.5 Å². The van der Waals surface area contributed by atoms with Gasteiger partial charge in [-0.2, -0.15) is 0 Å². The molecule has 4 heterocycles. The maximum absolute atomic E-state index is 14.9. The Balaban J connectivity index is 1.29. The first-order valence-electron chi connectivity index (χ1n) is 22.0. The average molecular weight is 947 g/mol. The lowest BCUT2D eigenvalue weighted by Gasteiger charge is -2.46. The summed E-state index contributed by atoms with van der Waals surface area (Å²) in [5.74, 6) is -1.26. The standard InChI is InChI=1S/C45H60ClN5O11S2/c1-11-25-18-45(25,42(54)49-64(56,57)26-12-13-26)19-32(52)30-17-35(31-20-50(43(55)62-44(6,7)8)39(24(4)5)41(53)51(30)31)61-34-16-28(40-48-29(22-63-40)23(2)3)47-38-27(34)14-15-33(37(38)46)60-21-36(58-9)59-10/h14-16,22-26,30-31,35-36,39H,11-13,17-21H2,1-10H3,(H,49,54)/t25-,30+,31-,35-,39-,45-/m1/s1. The van der Waals surface area contributed by atoms with E-state index in [-0.39, 0.29) is 54.6 Å². The highest BCUT2D eigenvalue weighted by molar-refractivity contribution is 7.90. The van der Waals surface area contributed by atoms with E-state index in [9.17, 15) is 27.6 Å². The number of nitrogens with one attached hydrogen (secondary N) is 1. The molecule has 16 nitrogen and oxygen atoms in total. The molecule has 2 saturated heterocycles. The average Bonchev–Trinajstić information content (AvgIpc) is 4.12. The van der Waals surface area contributed by atoms with E-state index >= 15 is 0 Å². The van der Waals surface area contributed by atoms with Gasteiger partial charge in [-0.3, -0.25) is 24.0 Å². The number of thiazole rings is 1. The van der Waals surface area contributed by atoms with Crippen LogP contribution < -0.4 is 14.2 Å². The van der Waals surface area contributed by atoms with Crippen LogP contribution in [0.15, 0.2) is 23.6 Å². The number of methoxy groups -OCH3 is 2. The Kier molecular flexibility index (Phi) is 13.7. The third-order valence-corrected chi connectivity index (χ3v) is 15.7. The molecule has 6 atom stereocenters. The lowest BCUT2D eigenvalue weighted by molar-refractivity contribution is -0.152. The first kappa shape index (κ1) is 47.9. The number of hydrogen-bond acceptors (Lipinski definition) is 14. The molecule has 4 fully saturated rings. The highest BCUT2D eigenvalue weighted by atomic mass is 35.5. The molecule has 1 N–H and O–H groups in total. The van der Waals surface area contributed by atoms with Crippen LogP contribution in [0.2, 0.25) is 5.02 Å². The number of carbonyl (C=O) groups is 4. The third kappa shape index (κ3) is 9.58. The Morgan fingerprint density at radius 2 is 1.77 bits per heavy atom. The molecule has 2 aromatic heterocycles. The van der Waals surface area contributed by atoms with Crippen LogP contribution >= 0.6 is 22.9 Å². The smallest absolute Gasteiger partial charge is 0.411 e. The number of nitrogens with zero attached hydrogens (tertiary/aromatic N) is 4. The molecule has 0 radical (unpaired) electrons. The van der Waals surface area contributed by atoms with Crippen LogP contribution in [0.25, 0.3) is 21.6 Å². The number of hydrogen-bond donors (Lipinski definition) is 1. The van der Waals surface area contributed by atoms with Crippen molar-refractivity contribution >= 4 is 67.6 Å². The number of aromatic nitrogens is 2. The molecule has 4 aliphatic rings. The number of rotatable bonds is 17. The van der Waals surface area contributed by atoms with E-state index in [1.54, 1.807) is 39.0 Å². The summed E-state index contributed by atoms with van der Waals surface area (Å²) in [7, 11) is -0.875. The van der Waals surface area contributed by atoms with Gasteiger partial charge < -0.3 is 28.6 Å². The second kappa shape index (κ2) is 18.3. The summed E-state index contributed by atoms with van der Waals surface area (Å²) in [5, 5.41) is 2.68. The molecule has 0 unspecified atom stereocenters. The molecule has 64 heavy (non-hydrogen) atoms. The highest BCUT2D eigenvalue weighted by Crippen LogP contribution is 2.58. The van der Waals surface area contributed by atoms with Gasteiger partial charge in [0.05, 0.1) is 34.0 Å². The predicted molar refractivity (Wildman–Crippen MR) is 241 cm³/mol. The van der Waals surface area contributed by atoms with E-state index in [2.05, 4.69) is 4.72 Å². The zero-order valence-electron chi connectivity index (χ0n) is 38.1. The molecule has 19 heteroatoms. The van der Waals surface area contributed by atoms with E-state index in [4.69, 9.17) is 45.3 Å². The van der Waals surface area contributed by atoms with Crippen molar-refractivity contribution in [2.75, 3.05) is 27.4 Å². The Bertz CT molecular complexity index is 2400. The second-order valence-corrected chi connectivity index (χ2v) is 22.2. The summed E-state index contributed by atoms with van der Waals surface area (Å²) >= 11 is 8.49. The maximum Gasteiger partial charge on any atom is 0.411 e. The molecule has 3 amide bonds. The molecular weight excluding hydrogens is 886 g/mol. The van der Waals surface area contributed by atoms with Crippen molar-refractivity contribution < 1.29 is 51.3 Å². The van der Waals surface area contributed by atoms with Gasteiger partial charge in [0.2, 0.25) is 21.8 Å². The summed E-state index contributed by atoms with van der Waals surface area (Å²) < 4.78 is 57.6. The SMILES string of the molecule is CC[C@@H]1C[C@]1(CC(=O)[C@@H]1C[C@@H](Oc2cc(-c3nc(C(C)C)cs3)nc3c(Cl)c(OCC(OC)OC)ccc23)[C@H]2CN(C(=O)OC(C)(C)C)[C@H](C(C)C)C(=O)N21)C(=O)NS(=O)(=O)C1CC1. The third-order valence-electron chi connectivity index (χ3n) is 12.7. The van der Waals surface area contributed by atoms with Crippen LogP contribution in [0.1, 0.15) is 106 Å². The quantitative estimate of drug-likeness (QED) is 0.135. The number of Topliss-reactive ketones (excluding diaryl/α,β-unsaturated/α-hetero) is 1. The zero-order chi connectivity index (χ0) is 46.6. The summed E-state index contributed by atoms with van der Waals surface area (Å²) in [6.45, 7) is 14.9. The second-order valence-electron chi connectivity index (χ2n) is 19.0. The summed E-state index contributed by atoms with van der Waals surface area (Å²) in [4.78, 5) is 70.4. The number of piperazine rings is 1. The van der Waals surface area contributed by atoms with E-state index in [0.29, 0.717) is 58.8 Å². The van der Waals surface area contributed by atoms with Crippen LogP contribution in [-0.4, -0.2) is 121 Å². The van der Waals surface area contributed by atoms with Crippen LogP contribution in [-0.2, 0) is 38.6 Å². The van der Waals surface area contributed by atoms with Gasteiger partial charge in [0.1, 0.15) is 51.6 Å². The van der Waals surface area contributed by atoms with Crippen molar-refractivity contribution in [2.45, 2.75) is 141 Å². The van der Waals surface area contributed by atoms with Crippen LogP contribution in [0, 0.1) is 17.3 Å². The number of pyridine rings is 1. The number of amides is 3. The van der Waals surface area contributed by atoms with Crippen molar-refractivity contribution in [1.82, 2.24) is 24.5 Å². The summed E-state index contributed by atoms with van der Waals surface area (Å²) in [6.07, 6.45) is -0.562. The maximum atomic E-state index is 14.9. The Morgan fingerprint density at radius 3 is 2.34 bits per heavy atom. The minimum Gasteiger partial charge on any atom is -0.487 e. The van der Waals surface area contributed by atoms with Crippen molar-refractivity contribution in [1.29, 1.82) is 0 Å². The zero-order valence-corrected chi connectivity index (χ0v) is 40.5. The fourth-order valence-electron chi connectivity index (χ4n) is 8.95.